The van der Waals surface area contributed by atoms with E-state index in [1.807, 2.05) is 0 Å². The van der Waals surface area contributed by atoms with Crippen LogP contribution in [0.2, 0.25) is 0 Å². The predicted molar refractivity (Wildman–Crippen MR) is 101 cm³/mol. The number of esters is 1. The van der Waals surface area contributed by atoms with Gasteiger partial charge >= 0.3 is 5.97 Å². The first-order chi connectivity index (χ1) is 13.1. The molecule has 0 aliphatic carbocycles. The molecule has 2 rings (SSSR count). The van der Waals surface area contributed by atoms with Gasteiger partial charge in [0, 0.05) is 20.4 Å². The molecule has 0 radical (unpaired) electrons. The highest BCUT2D eigenvalue weighted by Crippen LogP contribution is 2.21. The van der Waals surface area contributed by atoms with Crippen molar-refractivity contribution in [1.29, 1.82) is 0 Å². The lowest BCUT2D eigenvalue weighted by atomic mass is 10.6. The molecule has 0 spiro atoms. The molecule has 0 saturated carbocycles. The van der Waals surface area contributed by atoms with Crippen molar-refractivity contribution >= 4 is 28.6 Å². The van der Waals surface area contributed by atoms with Gasteiger partial charge < -0.3 is 28.8 Å². The number of hydrogen-bond acceptors (Lipinski definition) is 11. The molecule has 2 heterocycles. The van der Waals surface area contributed by atoms with Crippen LogP contribution in [0.25, 0.3) is 0 Å². The summed E-state index contributed by atoms with van der Waals surface area (Å²) < 4.78 is 24.9. The van der Waals surface area contributed by atoms with Crippen molar-refractivity contribution in [1.82, 2.24) is 9.97 Å². The van der Waals surface area contributed by atoms with Crippen molar-refractivity contribution in [3.05, 3.63) is 22.1 Å². The number of nitrogens with zero attached hydrogens (tertiary/aromatic N) is 2. The van der Waals surface area contributed by atoms with Gasteiger partial charge in [-0.05, 0) is 6.92 Å². The Morgan fingerprint density at radius 2 is 1.59 bits per heavy atom. The Morgan fingerprint density at radius 3 is 2.11 bits per heavy atom. The molecule has 0 atom stereocenters. The predicted octanol–water partition coefficient (Wildman–Crippen LogP) is 2.01. The number of methoxy groups -OCH3 is 2. The lowest BCUT2D eigenvalue weighted by Crippen LogP contribution is -2.03. The van der Waals surface area contributed by atoms with Crippen molar-refractivity contribution in [3.8, 4) is 10.4 Å². The van der Waals surface area contributed by atoms with Crippen LogP contribution < -0.4 is 9.47 Å². The molecule has 0 bridgehead atoms. The largest absolute Gasteiger partial charge is 0.468 e. The summed E-state index contributed by atoms with van der Waals surface area (Å²) in [5.74, 6) is -0.364. The second kappa shape index (κ2) is 14.3. The Bertz CT molecular complexity index is 648. The van der Waals surface area contributed by atoms with Gasteiger partial charge in [-0.3, -0.25) is 0 Å². The molecule has 0 amide bonds. The number of aliphatic hydroxyl groups excluding tert-OH is 1. The van der Waals surface area contributed by atoms with Gasteiger partial charge in [0.25, 0.3) is 10.4 Å². The van der Waals surface area contributed by atoms with E-state index in [0.717, 1.165) is 4.88 Å². The minimum Gasteiger partial charge on any atom is -0.468 e. The van der Waals surface area contributed by atoms with E-state index in [2.05, 4.69) is 9.97 Å². The van der Waals surface area contributed by atoms with Crippen molar-refractivity contribution in [2.24, 2.45) is 0 Å². The standard InChI is InChI=1S/C9H13NO4S.C7H11NO3S/c1-3-13-8(11)7-6-10-9(15-7)14-5-4-12-2;1-10-2-3-11-7-8-4-6(5-9)12-7/h6H,3-5H2,1-2H3;4,9H,2-3,5H2,1H3. The van der Waals surface area contributed by atoms with E-state index in [9.17, 15) is 4.79 Å². The summed E-state index contributed by atoms with van der Waals surface area (Å²) >= 11 is 2.51. The molecule has 0 aromatic carbocycles. The van der Waals surface area contributed by atoms with Gasteiger partial charge in [0.1, 0.15) is 18.1 Å². The van der Waals surface area contributed by atoms with Crippen LogP contribution in [-0.2, 0) is 20.8 Å². The molecule has 2 aromatic heterocycles. The van der Waals surface area contributed by atoms with E-state index >= 15 is 0 Å². The van der Waals surface area contributed by atoms with Crippen LogP contribution in [0.3, 0.4) is 0 Å². The minimum atomic E-state index is -0.364. The number of carbonyl (C=O) groups excluding carboxylic acids is 1. The maximum Gasteiger partial charge on any atom is 0.350 e. The van der Waals surface area contributed by atoms with Gasteiger partial charge in [0.05, 0.1) is 37.5 Å². The SMILES string of the molecule is CCOC(=O)c1cnc(OCCOC)s1.COCCOc1ncc(CO)s1. The second-order valence-electron chi connectivity index (χ2n) is 4.64. The van der Waals surface area contributed by atoms with Gasteiger partial charge in [-0.1, -0.05) is 22.7 Å². The molecule has 0 aliphatic heterocycles. The average Bonchev–Trinajstić information content (AvgIpc) is 3.32. The molecule has 0 aliphatic rings. The molecule has 152 valence electrons. The molecular weight excluding hydrogens is 396 g/mol. The third-order valence-corrected chi connectivity index (χ3v) is 4.46. The highest BCUT2D eigenvalue weighted by atomic mass is 32.1. The lowest BCUT2D eigenvalue weighted by Gasteiger charge is -1.99. The maximum atomic E-state index is 11.3. The van der Waals surface area contributed by atoms with Crippen molar-refractivity contribution in [2.45, 2.75) is 13.5 Å². The smallest absolute Gasteiger partial charge is 0.350 e. The molecular formula is C16H24N2O7S2. The van der Waals surface area contributed by atoms with Crippen molar-refractivity contribution < 1.29 is 33.6 Å². The first-order valence-corrected chi connectivity index (χ1v) is 9.69. The maximum absolute atomic E-state index is 11.3. The van der Waals surface area contributed by atoms with Gasteiger partial charge in [-0.2, -0.15) is 0 Å². The average molecular weight is 421 g/mol. The van der Waals surface area contributed by atoms with Crippen LogP contribution >= 0.6 is 22.7 Å². The molecule has 0 saturated heterocycles. The Balaban J connectivity index is 0.000000277. The van der Waals surface area contributed by atoms with Crippen LogP contribution in [0.1, 0.15) is 21.5 Å². The first-order valence-electron chi connectivity index (χ1n) is 8.06. The van der Waals surface area contributed by atoms with Gasteiger partial charge in [-0.25, -0.2) is 14.8 Å². The van der Waals surface area contributed by atoms with E-state index < -0.39 is 0 Å². The summed E-state index contributed by atoms with van der Waals surface area (Å²) in [5.41, 5.74) is 0. The number of hydrogen-bond donors (Lipinski definition) is 1. The zero-order chi connectivity index (χ0) is 19.9. The zero-order valence-electron chi connectivity index (χ0n) is 15.5. The lowest BCUT2D eigenvalue weighted by molar-refractivity contribution is 0.0532. The van der Waals surface area contributed by atoms with Gasteiger partial charge in [0.2, 0.25) is 0 Å². The molecule has 0 fully saturated rings. The minimum absolute atomic E-state index is 0.0192. The van der Waals surface area contributed by atoms with Crippen LogP contribution in [-0.4, -0.2) is 68.3 Å². The fourth-order valence-electron chi connectivity index (χ4n) is 1.48. The number of aromatic nitrogens is 2. The Morgan fingerprint density at radius 1 is 1.00 bits per heavy atom. The Kier molecular flexibility index (Phi) is 12.3. The normalized spacial score (nSPS) is 10.1. The van der Waals surface area contributed by atoms with E-state index in [0.29, 0.717) is 48.3 Å². The Hall–Kier alpha value is -1.79. The summed E-state index contributed by atoms with van der Waals surface area (Å²) in [6.07, 6.45) is 3.05. The monoisotopic (exact) mass is 420 g/mol. The topological polar surface area (TPSA) is 109 Å². The number of rotatable bonds is 11. The van der Waals surface area contributed by atoms with Crippen LogP contribution in [0.5, 0.6) is 10.4 Å². The molecule has 11 heteroatoms. The summed E-state index contributed by atoms with van der Waals surface area (Å²) in [6.45, 7) is 4.10. The molecule has 0 unspecified atom stereocenters. The van der Waals surface area contributed by atoms with Crippen molar-refractivity contribution in [3.63, 3.8) is 0 Å². The fourth-order valence-corrected chi connectivity index (χ4v) is 2.80. The summed E-state index contributed by atoms with van der Waals surface area (Å²) in [4.78, 5) is 20.4. The fraction of sp³-hybridized carbons (Fsp3) is 0.562. The first kappa shape index (κ1) is 23.2. The third-order valence-electron chi connectivity index (χ3n) is 2.68. The summed E-state index contributed by atoms with van der Waals surface area (Å²) in [6, 6.07) is 0. The van der Waals surface area contributed by atoms with Gasteiger partial charge in [0.15, 0.2) is 0 Å². The van der Waals surface area contributed by atoms with Crippen LogP contribution in [0, 0.1) is 0 Å². The van der Waals surface area contributed by atoms with E-state index in [4.69, 9.17) is 28.8 Å². The van der Waals surface area contributed by atoms with E-state index in [1.165, 1.54) is 28.9 Å². The van der Waals surface area contributed by atoms with Gasteiger partial charge in [-0.15, -0.1) is 0 Å². The number of ether oxygens (including phenoxy) is 5. The second-order valence-corrected chi connectivity index (χ2v) is 6.71. The number of aliphatic hydroxyl groups is 1. The van der Waals surface area contributed by atoms with E-state index in [-0.39, 0.29) is 12.6 Å². The Labute approximate surface area is 165 Å². The van der Waals surface area contributed by atoms with Crippen LogP contribution in [0.15, 0.2) is 12.4 Å². The molecule has 9 nitrogen and oxygen atoms in total. The summed E-state index contributed by atoms with van der Waals surface area (Å²) in [7, 11) is 3.21. The molecule has 2 aromatic rings. The highest BCUT2D eigenvalue weighted by molar-refractivity contribution is 7.15. The zero-order valence-corrected chi connectivity index (χ0v) is 17.1. The summed E-state index contributed by atoms with van der Waals surface area (Å²) in [5, 5.41) is 9.75. The number of thiazole rings is 2. The highest BCUT2D eigenvalue weighted by Gasteiger charge is 2.11. The van der Waals surface area contributed by atoms with Crippen molar-refractivity contribution in [2.75, 3.05) is 47.3 Å². The number of carbonyl (C=O) groups is 1. The molecule has 1 N–H and O–H groups in total. The van der Waals surface area contributed by atoms with E-state index in [1.54, 1.807) is 27.3 Å². The molecule has 27 heavy (non-hydrogen) atoms. The van der Waals surface area contributed by atoms with Crippen LogP contribution in [0.4, 0.5) is 0 Å². The quantitative estimate of drug-likeness (QED) is 0.431. The third kappa shape index (κ3) is 9.63.